The molecule has 0 spiro atoms. The molecule has 0 bridgehead atoms. The Bertz CT molecular complexity index is 725. The Morgan fingerprint density at radius 1 is 1.19 bits per heavy atom. The maximum absolute atomic E-state index is 8.92. The van der Waals surface area contributed by atoms with E-state index >= 15 is 0 Å². The Morgan fingerprint density at radius 3 is 2.81 bits per heavy atom. The third kappa shape index (κ3) is 3.13. The lowest BCUT2D eigenvalue weighted by atomic mass is 10.0. The van der Waals surface area contributed by atoms with E-state index in [0.29, 0.717) is 10.6 Å². The maximum Gasteiger partial charge on any atom is 0.101 e. The third-order valence-electron chi connectivity index (χ3n) is 3.44. The van der Waals surface area contributed by atoms with Gasteiger partial charge in [0.2, 0.25) is 0 Å². The summed E-state index contributed by atoms with van der Waals surface area (Å²) in [5.74, 6) is 1.07. The van der Waals surface area contributed by atoms with Crippen molar-refractivity contribution in [1.82, 2.24) is 0 Å². The first kappa shape index (κ1) is 14.6. The maximum atomic E-state index is 8.92. The zero-order valence-corrected chi connectivity index (χ0v) is 13.4. The first-order valence-electron chi connectivity index (χ1n) is 6.56. The van der Waals surface area contributed by atoms with Crippen LogP contribution >= 0.6 is 35.0 Å². The number of anilines is 1. The van der Waals surface area contributed by atoms with Gasteiger partial charge in [0.15, 0.2) is 0 Å². The predicted octanol–water partition coefficient (Wildman–Crippen LogP) is 5.51. The Hall–Kier alpha value is -1.34. The number of rotatable bonds is 2. The molecule has 1 unspecified atom stereocenters. The van der Waals surface area contributed by atoms with Crippen LogP contribution in [0.4, 0.5) is 5.69 Å². The van der Waals surface area contributed by atoms with E-state index in [0.717, 1.165) is 22.9 Å². The normalized spacial score (nSPS) is 16.9. The van der Waals surface area contributed by atoms with Gasteiger partial charge in [0, 0.05) is 21.4 Å². The molecule has 2 aromatic rings. The smallest absolute Gasteiger partial charge is 0.101 e. The summed E-state index contributed by atoms with van der Waals surface area (Å²) >= 11 is 14.1. The van der Waals surface area contributed by atoms with Gasteiger partial charge < -0.3 is 5.32 Å². The van der Waals surface area contributed by atoms with Crippen LogP contribution in [0.25, 0.3) is 0 Å². The fourth-order valence-electron chi connectivity index (χ4n) is 2.41. The van der Waals surface area contributed by atoms with E-state index in [2.05, 4.69) is 17.5 Å². The van der Waals surface area contributed by atoms with Crippen molar-refractivity contribution in [3.05, 3.63) is 57.6 Å². The highest BCUT2D eigenvalue weighted by molar-refractivity contribution is 7.99. The summed E-state index contributed by atoms with van der Waals surface area (Å²) in [6.07, 6.45) is 1.02. The number of hydrogen-bond acceptors (Lipinski definition) is 3. The van der Waals surface area contributed by atoms with E-state index in [4.69, 9.17) is 28.5 Å². The molecule has 0 aliphatic carbocycles. The van der Waals surface area contributed by atoms with E-state index in [1.807, 2.05) is 30.0 Å². The monoisotopic (exact) mass is 334 g/mol. The fourth-order valence-corrected chi connectivity index (χ4v) is 3.92. The largest absolute Gasteiger partial charge is 0.378 e. The average Bonchev–Trinajstić information content (AvgIpc) is 2.48. The Kier molecular flexibility index (Phi) is 4.30. The van der Waals surface area contributed by atoms with E-state index in [1.54, 1.807) is 12.1 Å². The van der Waals surface area contributed by atoms with Gasteiger partial charge >= 0.3 is 0 Å². The van der Waals surface area contributed by atoms with Crippen molar-refractivity contribution in [2.45, 2.75) is 17.4 Å². The van der Waals surface area contributed by atoms with Gasteiger partial charge in [-0.15, -0.1) is 11.8 Å². The van der Waals surface area contributed by atoms with Crippen molar-refractivity contribution in [2.24, 2.45) is 0 Å². The van der Waals surface area contributed by atoms with Crippen molar-refractivity contribution in [3.8, 4) is 6.07 Å². The van der Waals surface area contributed by atoms with Gasteiger partial charge in [0.1, 0.15) is 6.07 Å². The van der Waals surface area contributed by atoms with Gasteiger partial charge in [0.25, 0.3) is 0 Å². The molecule has 3 rings (SSSR count). The molecule has 1 heterocycles. The van der Waals surface area contributed by atoms with Crippen LogP contribution in [0.5, 0.6) is 0 Å². The summed E-state index contributed by atoms with van der Waals surface area (Å²) < 4.78 is 0. The Morgan fingerprint density at radius 2 is 2.05 bits per heavy atom. The minimum absolute atomic E-state index is 0.212. The van der Waals surface area contributed by atoms with Crippen molar-refractivity contribution in [3.63, 3.8) is 0 Å². The van der Waals surface area contributed by atoms with Crippen molar-refractivity contribution < 1.29 is 0 Å². The van der Waals surface area contributed by atoms with Crippen LogP contribution in [0.3, 0.4) is 0 Å². The minimum Gasteiger partial charge on any atom is -0.378 e. The quantitative estimate of drug-likeness (QED) is 0.785. The molecule has 1 N–H and O–H groups in total. The lowest BCUT2D eigenvalue weighted by Crippen LogP contribution is -2.16. The lowest BCUT2D eigenvalue weighted by Gasteiger charge is -2.27. The predicted molar refractivity (Wildman–Crippen MR) is 89.3 cm³/mol. The van der Waals surface area contributed by atoms with Crippen molar-refractivity contribution in [2.75, 3.05) is 11.1 Å². The van der Waals surface area contributed by atoms with E-state index < -0.39 is 0 Å². The number of halogens is 2. The van der Waals surface area contributed by atoms with Crippen LogP contribution in [0.2, 0.25) is 10.0 Å². The molecule has 0 aromatic heterocycles. The molecule has 0 amide bonds. The molecule has 1 aliphatic heterocycles. The van der Waals surface area contributed by atoms with Crippen LogP contribution in [0.15, 0.2) is 41.3 Å². The average molecular weight is 335 g/mol. The Balaban J connectivity index is 1.88. The standard InChI is InChI=1S/C16H12Cl2N2S/c17-11-2-4-16-13(7-11)15(5-6-21-16)20-12-3-1-10(9-19)14(18)8-12/h1-4,7-8,15,20H,5-6H2. The fraction of sp³-hybridized carbons (Fsp3) is 0.188. The summed E-state index contributed by atoms with van der Waals surface area (Å²) in [7, 11) is 0. The number of nitrogens with zero attached hydrogens (tertiary/aromatic N) is 1. The van der Waals surface area contributed by atoms with Gasteiger partial charge in [-0.2, -0.15) is 5.26 Å². The molecule has 0 saturated heterocycles. The molecule has 5 heteroatoms. The van der Waals surface area contributed by atoms with Crippen LogP contribution in [0.1, 0.15) is 23.6 Å². The molecule has 106 valence electrons. The number of nitriles is 1. The van der Waals surface area contributed by atoms with Gasteiger partial charge in [0.05, 0.1) is 16.6 Å². The first-order chi connectivity index (χ1) is 10.2. The van der Waals surface area contributed by atoms with E-state index in [-0.39, 0.29) is 6.04 Å². The third-order valence-corrected chi connectivity index (χ3v) is 5.11. The summed E-state index contributed by atoms with van der Waals surface area (Å²) in [4.78, 5) is 1.27. The number of fused-ring (bicyclic) bond motifs is 1. The van der Waals surface area contributed by atoms with Crippen LogP contribution in [-0.2, 0) is 0 Å². The van der Waals surface area contributed by atoms with Crippen LogP contribution in [-0.4, -0.2) is 5.75 Å². The molecule has 2 aromatic carbocycles. The van der Waals surface area contributed by atoms with Gasteiger partial charge in [-0.3, -0.25) is 0 Å². The zero-order valence-electron chi connectivity index (χ0n) is 11.1. The van der Waals surface area contributed by atoms with E-state index in [1.165, 1.54) is 10.5 Å². The lowest BCUT2D eigenvalue weighted by molar-refractivity contribution is 0.729. The molecule has 0 saturated carbocycles. The van der Waals surface area contributed by atoms with Crippen LogP contribution < -0.4 is 5.32 Å². The number of nitrogens with one attached hydrogen (secondary N) is 1. The SMILES string of the molecule is N#Cc1ccc(NC2CCSc3ccc(Cl)cc32)cc1Cl. The summed E-state index contributed by atoms with van der Waals surface area (Å²) in [5.41, 5.74) is 2.63. The van der Waals surface area contributed by atoms with Crippen molar-refractivity contribution >= 4 is 40.7 Å². The number of benzene rings is 2. The molecule has 1 aliphatic rings. The van der Waals surface area contributed by atoms with Gasteiger partial charge in [-0.25, -0.2) is 0 Å². The summed E-state index contributed by atoms with van der Waals surface area (Å²) in [5, 5.41) is 13.6. The molecule has 0 radical (unpaired) electrons. The molecular formula is C16H12Cl2N2S. The highest BCUT2D eigenvalue weighted by atomic mass is 35.5. The molecular weight excluding hydrogens is 323 g/mol. The molecule has 21 heavy (non-hydrogen) atoms. The highest BCUT2D eigenvalue weighted by Gasteiger charge is 2.21. The second-order valence-corrected chi connectivity index (χ2v) is 6.80. The molecule has 2 nitrogen and oxygen atoms in total. The number of thioether (sulfide) groups is 1. The van der Waals surface area contributed by atoms with Crippen molar-refractivity contribution in [1.29, 1.82) is 5.26 Å². The first-order valence-corrected chi connectivity index (χ1v) is 8.30. The number of hydrogen-bond donors (Lipinski definition) is 1. The van der Waals surface area contributed by atoms with Crippen LogP contribution in [0, 0.1) is 11.3 Å². The van der Waals surface area contributed by atoms with Gasteiger partial charge in [-0.1, -0.05) is 23.2 Å². The Labute approximate surface area is 138 Å². The molecule has 1 atom stereocenters. The van der Waals surface area contributed by atoms with E-state index in [9.17, 15) is 0 Å². The topological polar surface area (TPSA) is 35.8 Å². The second kappa shape index (κ2) is 6.19. The second-order valence-electron chi connectivity index (χ2n) is 4.82. The molecule has 0 fully saturated rings. The minimum atomic E-state index is 0.212. The zero-order chi connectivity index (χ0) is 14.8. The summed E-state index contributed by atoms with van der Waals surface area (Å²) in [6, 6.07) is 13.7. The highest BCUT2D eigenvalue weighted by Crippen LogP contribution is 2.39. The van der Waals surface area contributed by atoms with Gasteiger partial charge in [-0.05, 0) is 48.4 Å². The summed E-state index contributed by atoms with van der Waals surface area (Å²) in [6.45, 7) is 0.